The molecule has 15 N–H and O–H groups in total. The Hall–Kier alpha value is -12.3. The van der Waals surface area contributed by atoms with Crippen molar-refractivity contribution in [3.63, 3.8) is 0 Å². The van der Waals surface area contributed by atoms with E-state index in [-0.39, 0.29) is 115 Å². The van der Waals surface area contributed by atoms with Crippen molar-refractivity contribution in [3.05, 3.63) is 216 Å². The van der Waals surface area contributed by atoms with Gasteiger partial charge in [0.1, 0.15) is 36.3 Å². The third-order valence-electron chi connectivity index (χ3n) is 29.2. The molecule has 0 radical (unpaired) electrons. The molecule has 0 spiro atoms. The maximum absolute atomic E-state index is 15.5. The molecule has 6 heterocycles. The van der Waals surface area contributed by atoms with Crippen LogP contribution in [0.15, 0.2) is 183 Å². The van der Waals surface area contributed by atoms with Gasteiger partial charge in [0.25, 0.3) is 0 Å². The molecule has 0 saturated heterocycles. The summed E-state index contributed by atoms with van der Waals surface area (Å²) in [6.07, 6.45) is 57.9. The third-order valence-corrected chi connectivity index (χ3v) is 29.2. The van der Waals surface area contributed by atoms with E-state index in [1.165, 1.54) is 173 Å². The monoisotopic (exact) mass is 1980 g/mol. The summed E-state index contributed by atoms with van der Waals surface area (Å²) in [5, 5.41) is 33.7. The van der Waals surface area contributed by atoms with Crippen LogP contribution in [-0.4, -0.2) is 163 Å². The van der Waals surface area contributed by atoms with E-state index >= 15 is 28.8 Å². The number of unbranched alkanes of at least 4 members (excludes halogenated alkanes) is 36. The van der Waals surface area contributed by atoms with Crippen LogP contribution >= 0.6 is 0 Å². The Kier molecular flexibility index (Phi) is 48.6. The fourth-order valence-corrected chi connectivity index (χ4v) is 20.6. The maximum atomic E-state index is 15.5. The van der Waals surface area contributed by atoms with E-state index in [1.807, 2.05) is 188 Å². The summed E-state index contributed by atoms with van der Waals surface area (Å²) in [5.74, 6) is -3.81. The molecule has 0 fully saturated rings. The minimum absolute atomic E-state index is 0.0138. The van der Waals surface area contributed by atoms with Crippen molar-refractivity contribution in [1.82, 2.24) is 82.7 Å². The van der Waals surface area contributed by atoms with Gasteiger partial charge >= 0.3 is 0 Å². The van der Waals surface area contributed by atoms with Crippen LogP contribution in [0.2, 0.25) is 0 Å². The van der Waals surface area contributed by atoms with Gasteiger partial charge in [-0.15, -0.1) is 0 Å². The second-order valence-electron chi connectivity index (χ2n) is 40.6. The molecule has 6 aromatic carbocycles. The summed E-state index contributed by atoms with van der Waals surface area (Å²) in [5.41, 5.74) is 10.0. The smallest absolute Gasteiger partial charge is 0.243 e. The lowest BCUT2D eigenvalue weighted by molar-refractivity contribution is -0.132. The third kappa shape index (κ3) is 37.6. The van der Waals surface area contributed by atoms with E-state index < -0.39 is 71.7 Å². The average Bonchev–Trinajstić information content (AvgIpc) is 1.70. The predicted octanol–water partition coefficient (Wildman–Crippen LogP) is 22.3. The van der Waals surface area contributed by atoms with Gasteiger partial charge in [0.05, 0.1) is 0 Å². The average molecular weight is 1980 g/mol. The van der Waals surface area contributed by atoms with E-state index in [0.29, 0.717) is 19.3 Å². The number of fused-ring (bicyclic) bond motifs is 6. The predicted molar refractivity (Wildman–Crippen MR) is 590 cm³/mol. The summed E-state index contributed by atoms with van der Waals surface area (Å²) in [4.78, 5) is 157. The van der Waals surface area contributed by atoms with Crippen LogP contribution in [0.3, 0.4) is 0 Å². The second kappa shape index (κ2) is 63.2. The number of nitrogens with one attached hydrogen (secondary N) is 15. The summed E-state index contributed by atoms with van der Waals surface area (Å²) in [7, 11) is 0. The van der Waals surface area contributed by atoms with Crippen LogP contribution in [-0.2, 0) is 81.7 Å². The molecular formula is C120H168N16O9. The Bertz CT molecular complexity index is 5330. The van der Waals surface area contributed by atoms with Gasteiger partial charge in [0, 0.05) is 200 Å². The van der Waals surface area contributed by atoms with Crippen LogP contribution in [0.25, 0.3) is 65.4 Å². The van der Waals surface area contributed by atoms with Crippen molar-refractivity contribution in [2.24, 2.45) is 0 Å². The lowest BCUT2D eigenvalue weighted by Gasteiger charge is -2.27. The van der Waals surface area contributed by atoms with Crippen LogP contribution < -0.4 is 47.9 Å². The minimum atomic E-state index is -1.16. The molecule has 6 atom stereocenters. The lowest BCUT2D eigenvalue weighted by atomic mass is 10.0. The second-order valence-corrected chi connectivity index (χ2v) is 40.6. The number of aromatic nitrogens is 6. The van der Waals surface area contributed by atoms with E-state index in [2.05, 4.69) is 98.5 Å². The number of hydrogen-bond acceptors (Lipinski definition) is 10. The zero-order valence-electron chi connectivity index (χ0n) is 87.1. The first kappa shape index (κ1) is 112. The normalized spacial score (nSPS) is 12.9. The summed E-state index contributed by atoms with van der Waals surface area (Å²) < 4.78 is 0. The van der Waals surface area contributed by atoms with Crippen LogP contribution in [0.4, 0.5) is 0 Å². The van der Waals surface area contributed by atoms with Gasteiger partial charge in [0.2, 0.25) is 53.2 Å². The summed E-state index contributed by atoms with van der Waals surface area (Å²) >= 11 is 0. The van der Waals surface area contributed by atoms with E-state index in [0.717, 1.165) is 157 Å². The van der Waals surface area contributed by atoms with Gasteiger partial charge in [-0.1, -0.05) is 361 Å². The maximum Gasteiger partial charge on any atom is 0.243 e. The van der Waals surface area contributed by atoms with E-state index in [9.17, 15) is 14.4 Å². The fraction of sp³-hybridized carbons (Fsp3) is 0.525. The number of carbonyl (C=O) groups is 9. The SMILES string of the molecule is CCCCCCCCCCCCCCCC(=O)N[C@@H](Cc1c[nH]c2ccccc12)C(=O)N[C@@H](Cc1c[nH]c2ccccc12)C(=O)NCCN(CCNC(=O)[C@H](Cc1c[nH]c2ccccc12)NC(=O)[C@H](Cc1c[nH]c2ccccc12)NC(=O)CCCCCCCCCCCCCCC)CCNC(=O)[C@H](Cc1c[nH]c2ccccc12)NC(=O)[C@H](Cc1c[nH]c2ccccc12)NC(=O)CCCCCCCCCCCCCCC. The van der Waals surface area contributed by atoms with Crippen molar-refractivity contribution in [2.45, 2.75) is 365 Å². The van der Waals surface area contributed by atoms with Crippen molar-refractivity contribution in [3.8, 4) is 0 Å². The zero-order valence-corrected chi connectivity index (χ0v) is 87.1. The van der Waals surface area contributed by atoms with Crippen LogP contribution in [0.1, 0.15) is 324 Å². The quantitative estimate of drug-likeness (QED) is 0.0160. The van der Waals surface area contributed by atoms with E-state index in [4.69, 9.17) is 0 Å². The Balaban J connectivity index is 0.774. The standard InChI is InChI=1S/C120H168N16O9/c1-4-7-10-13-16-19-22-25-28-31-34-37-40-67-112(137)130-109(79-91-85-127-103-64-52-46-58-97(91)103)118(143)133-106(76-88-82-124-100-61-49-43-55-94(88)100)115(140)121-70-73-136(74-71-122-116(141)107(77-89-83-125-101-62-50-44-56-95(89)101)134-119(144)110(80-92-86-128-104-65-53-47-59-98(92)104)131-113(138)68-41-38-35-32-29-26-23-20-17-14-11-8-5-2)75-72-123-117(142)108(78-90-84-126-102-63-51-45-57-96(90)102)135-120(145)111(81-93-87-129-105-66-54-48-60-99(93)105)132-114(139)69-42-39-36-33-30-27-24-21-18-15-12-9-6-3/h43-66,82-87,106-111,124-129H,4-42,67-81H2,1-3H3,(H,121,140)(H,122,141)(H,123,142)(H,130,137)(H,131,138)(H,132,139)(H,133,143)(H,134,144)(H,135,145)/t106-,107-,108-,109-,110-,111-/m0/s1. The molecule has 145 heavy (non-hydrogen) atoms. The number of H-pyrrole nitrogens is 6. The number of rotatable bonds is 75. The molecule has 0 aliphatic rings. The molecule has 25 heteroatoms. The van der Waals surface area contributed by atoms with Gasteiger partial charge < -0.3 is 77.8 Å². The van der Waals surface area contributed by atoms with Crippen molar-refractivity contribution >= 4 is 119 Å². The fourth-order valence-electron chi connectivity index (χ4n) is 20.6. The number of hydrogen-bond donors (Lipinski definition) is 15. The van der Waals surface area contributed by atoms with E-state index in [1.54, 1.807) is 0 Å². The molecule has 0 unspecified atom stereocenters. The largest absolute Gasteiger partial charge is 0.361 e. The first-order valence-electron chi connectivity index (χ1n) is 55.7. The number of para-hydroxylation sites is 6. The number of amides is 9. The molecular weight excluding hydrogens is 1810 g/mol. The zero-order chi connectivity index (χ0) is 102. The Labute approximate surface area is 859 Å². The highest BCUT2D eigenvalue weighted by molar-refractivity contribution is 5.98. The van der Waals surface area contributed by atoms with Gasteiger partial charge in [-0.05, 0) is 89.0 Å². The van der Waals surface area contributed by atoms with Gasteiger partial charge in [-0.2, -0.15) is 0 Å². The summed E-state index contributed by atoms with van der Waals surface area (Å²) in [6.45, 7) is 7.24. The molecule has 12 aromatic rings. The van der Waals surface area contributed by atoms with Gasteiger partial charge in [0.15, 0.2) is 0 Å². The Morgan fingerprint density at radius 3 is 0.566 bits per heavy atom. The highest BCUT2D eigenvalue weighted by Gasteiger charge is 2.34. The van der Waals surface area contributed by atoms with Crippen molar-refractivity contribution in [1.29, 1.82) is 0 Å². The molecule has 6 aromatic heterocycles. The molecule has 0 saturated carbocycles. The molecule has 12 rings (SSSR count). The molecule has 25 nitrogen and oxygen atoms in total. The number of aromatic amines is 6. The first-order valence-corrected chi connectivity index (χ1v) is 55.7. The number of nitrogens with zero attached hydrogens (tertiary/aromatic N) is 1. The minimum Gasteiger partial charge on any atom is -0.361 e. The summed E-state index contributed by atoms with van der Waals surface area (Å²) in [6, 6.07) is 40.2. The molecule has 0 aliphatic heterocycles. The van der Waals surface area contributed by atoms with Crippen LogP contribution in [0, 0.1) is 0 Å². The molecule has 9 amide bonds. The van der Waals surface area contributed by atoms with Crippen LogP contribution in [0.5, 0.6) is 0 Å². The highest BCUT2D eigenvalue weighted by Crippen LogP contribution is 2.29. The molecule has 782 valence electrons. The Morgan fingerprint density at radius 1 is 0.214 bits per heavy atom. The molecule has 0 bridgehead atoms. The Morgan fingerprint density at radius 2 is 0.379 bits per heavy atom. The van der Waals surface area contributed by atoms with Gasteiger partial charge in [-0.25, -0.2) is 0 Å². The topological polar surface area (TPSA) is 360 Å². The highest BCUT2D eigenvalue weighted by atomic mass is 16.2. The molecule has 0 aliphatic carbocycles. The lowest BCUT2D eigenvalue weighted by Crippen LogP contribution is -2.56. The van der Waals surface area contributed by atoms with Crippen molar-refractivity contribution in [2.75, 3.05) is 39.3 Å². The van der Waals surface area contributed by atoms with Crippen molar-refractivity contribution < 1.29 is 43.2 Å². The van der Waals surface area contributed by atoms with Gasteiger partial charge in [-0.3, -0.25) is 48.1 Å². The number of carbonyl (C=O) groups excluding carboxylic acids is 9. The number of benzene rings is 6. The first-order chi connectivity index (χ1) is 71.1.